The smallest absolute Gasteiger partial charge is 0.410 e. The molecular formula is C65H80N8O20. The predicted octanol–water partition coefficient (Wildman–Crippen LogP) is 3.84. The number of hydrogen-bond acceptors (Lipinski definition) is 22. The van der Waals surface area contributed by atoms with Crippen molar-refractivity contribution in [1.82, 2.24) is 30.2 Å². The molecule has 5 aliphatic heterocycles. The summed E-state index contributed by atoms with van der Waals surface area (Å²) in [5.74, 6) is -5.19. The van der Waals surface area contributed by atoms with Gasteiger partial charge in [0.05, 0.1) is 48.3 Å². The zero-order chi connectivity index (χ0) is 66.7. The molecule has 0 bridgehead atoms. The molecule has 500 valence electrons. The molecule has 2 aliphatic carbocycles. The third-order valence-electron chi connectivity index (χ3n) is 18.4. The highest BCUT2D eigenvalue weighted by Gasteiger charge is 2.55. The van der Waals surface area contributed by atoms with E-state index in [0.717, 1.165) is 4.90 Å². The first kappa shape index (κ1) is 67.5. The van der Waals surface area contributed by atoms with E-state index in [9.17, 15) is 63.9 Å². The first-order chi connectivity index (χ1) is 44.4. The number of imide groups is 1. The summed E-state index contributed by atoms with van der Waals surface area (Å²) in [6.45, 7) is 7.23. The van der Waals surface area contributed by atoms with Gasteiger partial charge in [0.15, 0.2) is 31.2 Å². The van der Waals surface area contributed by atoms with Gasteiger partial charge in [-0.15, -0.1) is 0 Å². The van der Waals surface area contributed by atoms with Crippen LogP contribution in [0, 0.1) is 11.3 Å². The maximum atomic E-state index is 14.4. The molecule has 0 saturated carbocycles. The number of piperidine rings is 1. The van der Waals surface area contributed by atoms with E-state index in [1.807, 2.05) is 6.92 Å². The third kappa shape index (κ3) is 14.1. The highest BCUT2D eigenvalue weighted by atomic mass is 16.7. The second-order valence-corrected chi connectivity index (χ2v) is 24.8. The number of aliphatic hydroxyl groups is 1. The number of nitrogens with one attached hydrogen (secondary N) is 4. The summed E-state index contributed by atoms with van der Waals surface area (Å²) in [7, 11) is 4.47. The van der Waals surface area contributed by atoms with E-state index in [-0.39, 0.29) is 114 Å². The van der Waals surface area contributed by atoms with E-state index in [0.29, 0.717) is 56.5 Å². The number of likely N-dealkylation sites (tertiary alicyclic amines) is 1. The number of unbranched alkanes of at least 4 members (excludes halogenated alkanes) is 2. The molecule has 28 nitrogen and oxygen atoms in total. The van der Waals surface area contributed by atoms with Crippen molar-refractivity contribution in [2.45, 2.75) is 159 Å². The van der Waals surface area contributed by atoms with Crippen LogP contribution in [0.2, 0.25) is 0 Å². The number of aromatic hydroxyl groups is 2. The van der Waals surface area contributed by atoms with Gasteiger partial charge < -0.3 is 79.0 Å². The number of Topliss-reactive ketones (excluding diaryl/α,β-unsaturated/α-hetero) is 1. The number of nitrogens with zero attached hydrogens (tertiary/aromatic N) is 4. The van der Waals surface area contributed by atoms with Crippen molar-refractivity contribution >= 4 is 64.7 Å². The Bertz CT molecular complexity index is 3440. The van der Waals surface area contributed by atoms with Gasteiger partial charge in [-0.05, 0) is 69.2 Å². The Kier molecular flexibility index (Phi) is 20.7. The molecule has 0 unspecified atom stereocenters. The minimum atomic E-state index is -2.41. The molecule has 4 fully saturated rings. The van der Waals surface area contributed by atoms with Crippen LogP contribution in [0.3, 0.4) is 0 Å². The normalized spacial score (nSPS) is 24.8. The number of phenols is 2. The number of rotatable bonds is 22. The van der Waals surface area contributed by atoms with Gasteiger partial charge >= 0.3 is 12.2 Å². The number of amides is 7. The molecule has 93 heavy (non-hydrogen) atoms. The lowest BCUT2D eigenvalue weighted by Crippen LogP contribution is -2.55. The number of morpholine rings is 1. The van der Waals surface area contributed by atoms with Gasteiger partial charge in [-0.25, -0.2) is 9.59 Å². The van der Waals surface area contributed by atoms with E-state index < -0.39 is 127 Å². The molecule has 7 aliphatic rings. The Morgan fingerprint density at radius 2 is 1.58 bits per heavy atom. The number of methoxy groups -OCH3 is 2. The molecule has 3 aromatic carbocycles. The number of ether oxygens (including phenoxy) is 8. The first-order valence-corrected chi connectivity index (χ1v) is 31.3. The molecule has 0 aromatic heterocycles. The zero-order valence-corrected chi connectivity index (χ0v) is 52.9. The Labute approximate surface area is 536 Å². The standard InChI is InChI=1S/C65H80N8O20/c1-33(2)54(69-45(75)14-9-8-10-23-73-46(76)19-20-47(73)77)60(82)67-34(3)59(81)68-37-17-15-36(16-18-37)31-89-63(83)70(5)38-21-24-71(25-22-38)64(84)90-32-44(74)65(85)29-40-50(57(80)51-52(56(40)79)55(78)39-12-11-13-42(86-6)49(39)53(51)66)43(30-65)92-48-28-41-58(35(4)91-48)93-61-62(87-7)88-27-26-72(41)61/h11-13,15-20,33-35,38,41,43,48,54,58,61-62,66,79-80,85H,8-10,14,21-32H2,1-7H3,(H,67,82)(H,68,81)(H,69,75)/t34-,35-,41-,43-,48-,54-,58+,61+,62-,65-/m0/s1. The van der Waals surface area contributed by atoms with Gasteiger partial charge in [0.1, 0.15) is 47.6 Å². The Balaban J connectivity index is 0.700. The molecule has 5 heterocycles. The minimum absolute atomic E-state index is 0.0237. The Morgan fingerprint density at radius 1 is 0.860 bits per heavy atom. The largest absolute Gasteiger partial charge is 0.507 e. The monoisotopic (exact) mass is 1290 g/mol. The van der Waals surface area contributed by atoms with Crippen molar-refractivity contribution in [3.63, 3.8) is 0 Å². The molecule has 3 aromatic rings. The number of carbonyl (C=O) groups is 9. The van der Waals surface area contributed by atoms with Crippen LogP contribution in [0.15, 0.2) is 54.6 Å². The molecule has 10 atom stereocenters. The van der Waals surface area contributed by atoms with Gasteiger partial charge in [-0.3, -0.25) is 48.8 Å². The van der Waals surface area contributed by atoms with Crippen LogP contribution in [-0.2, 0) is 75.0 Å². The van der Waals surface area contributed by atoms with Gasteiger partial charge in [-0.1, -0.05) is 44.5 Å². The molecule has 4 saturated heterocycles. The molecule has 0 spiro atoms. The quantitative estimate of drug-likeness (QED) is 0.0334. The number of ketones is 2. The fourth-order valence-corrected chi connectivity index (χ4v) is 13.2. The second kappa shape index (κ2) is 28.5. The van der Waals surface area contributed by atoms with E-state index in [1.54, 1.807) is 57.3 Å². The summed E-state index contributed by atoms with van der Waals surface area (Å²) < 4.78 is 47.4. The summed E-state index contributed by atoms with van der Waals surface area (Å²) in [4.78, 5) is 124. The number of hydrogen-bond donors (Lipinski definition) is 7. The van der Waals surface area contributed by atoms with Crippen LogP contribution in [0.25, 0.3) is 0 Å². The van der Waals surface area contributed by atoms with Gasteiger partial charge in [0, 0.05) is 113 Å². The Hall–Kier alpha value is -8.38. The molecule has 7 N–H and O–H groups in total. The zero-order valence-electron chi connectivity index (χ0n) is 52.9. The number of carbonyl (C=O) groups excluding carboxylic acids is 9. The van der Waals surface area contributed by atoms with E-state index in [4.69, 9.17) is 37.9 Å². The van der Waals surface area contributed by atoms with Crippen molar-refractivity contribution in [3.8, 4) is 17.2 Å². The minimum Gasteiger partial charge on any atom is -0.507 e. The van der Waals surface area contributed by atoms with E-state index in [1.165, 1.54) is 49.2 Å². The summed E-state index contributed by atoms with van der Waals surface area (Å²) in [6, 6.07) is 8.61. The number of fused-ring (bicyclic) bond motifs is 6. The maximum Gasteiger partial charge on any atom is 0.410 e. The maximum absolute atomic E-state index is 14.4. The van der Waals surface area contributed by atoms with Crippen LogP contribution in [0.5, 0.6) is 17.2 Å². The summed E-state index contributed by atoms with van der Waals surface area (Å²) in [6.07, 6.45) is -2.23. The summed E-state index contributed by atoms with van der Waals surface area (Å²) in [5, 5.41) is 54.3. The predicted molar refractivity (Wildman–Crippen MR) is 327 cm³/mol. The van der Waals surface area contributed by atoms with Crippen molar-refractivity contribution in [2.75, 3.05) is 66.0 Å². The fourth-order valence-electron chi connectivity index (χ4n) is 13.2. The number of benzene rings is 3. The fraction of sp³-hybridized carbons (Fsp3) is 0.538. The first-order valence-electron chi connectivity index (χ1n) is 31.3. The van der Waals surface area contributed by atoms with Crippen LogP contribution in [-0.4, -0.2) is 215 Å². The van der Waals surface area contributed by atoms with Gasteiger partial charge in [-0.2, -0.15) is 0 Å². The summed E-state index contributed by atoms with van der Waals surface area (Å²) >= 11 is 0. The third-order valence-corrected chi connectivity index (χ3v) is 18.4. The molecular weight excluding hydrogens is 1210 g/mol. The van der Waals surface area contributed by atoms with Gasteiger partial charge in [0.25, 0.3) is 11.8 Å². The molecule has 7 amide bonds. The number of anilines is 1. The van der Waals surface area contributed by atoms with E-state index >= 15 is 0 Å². The lowest BCUT2D eigenvalue weighted by molar-refractivity contribution is -0.256. The van der Waals surface area contributed by atoms with Crippen LogP contribution in [0.1, 0.15) is 129 Å². The second-order valence-electron chi connectivity index (χ2n) is 24.8. The highest BCUT2D eigenvalue weighted by molar-refractivity contribution is 6.32. The number of phenolic OH excluding ortho intramolecular Hbond substituents is 2. The lowest BCUT2D eigenvalue weighted by atomic mass is 9.71. The summed E-state index contributed by atoms with van der Waals surface area (Å²) in [5.41, 5.74) is -2.54. The van der Waals surface area contributed by atoms with Crippen molar-refractivity contribution in [2.24, 2.45) is 5.92 Å². The lowest BCUT2D eigenvalue weighted by Gasteiger charge is -2.43. The average Bonchev–Trinajstić information content (AvgIpc) is 1.57. The van der Waals surface area contributed by atoms with Crippen LogP contribution >= 0.6 is 0 Å². The topological polar surface area (TPSA) is 361 Å². The van der Waals surface area contributed by atoms with Crippen molar-refractivity contribution < 1.29 is 96.4 Å². The van der Waals surface area contributed by atoms with Gasteiger partial charge in [0.2, 0.25) is 23.5 Å². The average molecular weight is 1290 g/mol. The molecule has 10 rings (SSSR count). The van der Waals surface area contributed by atoms with Crippen LogP contribution in [0.4, 0.5) is 15.3 Å². The highest BCUT2D eigenvalue weighted by Crippen LogP contribution is 2.53. The van der Waals surface area contributed by atoms with Crippen molar-refractivity contribution in [1.29, 1.82) is 5.41 Å². The van der Waals surface area contributed by atoms with Crippen molar-refractivity contribution in [3.05, 3.63) is 93.6 Å². The Morgan fingerprint density at radius 3 is 2.27 bits per heavy atom. The SMILES string of the molecule is COc1cccc2c1C(=N)c1c(O)c3c(c(O)c1C2=O)C[C@@](O)(C(=O)COC(=O)N1CCC(N(C)C(=O)OCc2ccc(NC(=O)[C@H](C)NC(=O)[C@@H](NC(=O)CCCCCN4C(=O)C=CC4=O)C(C)C)cc2)CC1)C[C@@H]3O[C@H]1C[C@H]2[C@H](O[C@@H]3[C@@H](OC)OCCN32)[C@H](C)O1. The molecule has 0 radical (unpaired) electrons. The van der Waals surface area contributed by atoms with E-state index in [2.05, 4.69) is 20.9 Å². The molecule has 28 heteroatoms. The van der Waals surface area contributed by atoms with Crippen LogP contribution < -0.4 is 20.7 Å².